The molecule has 17 heavy (non-hydrogen) atoms. The van der Waals surface area contributed by atoms with Crippen molar-refractivity contribution in [3.05, 3.63) is 35.1 Å². The van der Waals surface area contributed by atoms with E-state index >= 15 is 0 Å². The van der Waals surface area contributed by atoms with Crippen LogP contribution in [0.3, 0.4) is 0 Å². The number of carboxylic acid groups (broad SMARTS) is 1. The maximum absolute atomic E-state index is 10.7. The number of nitrogens with zero attached hydrogens (tertiary/aromatic N) is 2. The average molecular weight is 250 g/mol. The van der Waals surface area contributed by atoms with Crippen molar-refractivity contribution in [2.24, 2.45) is 0 Å². The van der Waals surface area contributed by atoms with E-state index < -0.39 is 5.97 Å². The Hall–Kier alpha value is -1.95. The van der Waals surface area contributed by atoms with E-state index in [1.165, 1.54) is 29.8 Å². The average Bonchev–Trinajstić information content (AvgIpc) is 2.77. The van der Waals surface area contributed by atoms with Gasteiger partial charge in [0.2, 0.25) is 0 Å². The summed E-state index contributed by atoms with van der Waals surface area (Å²) in [5.74, 6) is -0.654. The Morgan fingerprint density at radius 1 is 1.53 bits per heavy atom. The van der Waals surface area contributed by atoms with Gasteiger partial charge in [0, 0.05) is 11.6 Å². The zero-order valence-corrected chi connectivity index (χ0v) is 9.90. The minimum Gasteiger partial charge on any atom is -0.478 e. The van der Waals surface area contributed by atoms with Gasteiger partial charge in [0.15, 0.2) is 0 Å². The van der Waals surface area contributed by atoms with E-state index in [4.69, 9.17) is 9.84 Å². The second-order valence-electron chi connectivity index (χ2n) is 3.27. The third-order valence-corrected chi connectivity index (χ3v) is 2.82. The van der Waals surface area contributed by atoms with Gasteiger partial charge < -0.3 is 9.84 Å². The summed E-state index contributed by atoms with van der Waals surface area (Å²) in [4.78, 5) is 18.8. The SMILES string of the molecule is CCc1csc(Oc2cncc(C(=O)O)c2)n1. The number of hydrogen-bond donors (Lipinski definition) is 1. The van der Waals surface area contributed by atoms with Gasteiger partial charge in [0.1, 0.15) is 5.75 Å². The molecular weight excluding hydrogens is 240 g/mol. The molecule has 0 aliphatic heterocycles. The van der Waals surface area contributed by atoms with Gasteiger partial charge in [-0.1, -0.05) is 18.3 Å². The van der Waals surface area contributed by atoms with Crippen molar-refractivity contribution in [2.45, 2.75) is 13.3 Å². The van der Waals surface area contributed by atoms with Gasteiger partial charge in [-0.3, -0.25) is 4.98 Å². The lowest BCUT2D eigenvalue weighted by molar-refractivity contribution is 0.0696. The molecule has 0 spiro atoms. The van der Waals surface area contributed by atoms with Crippen LogP contribution in [0.25, 0.3) is 0 Å². The number of ether oxygens (including phenoxy) is 1. The van der Waals surface area contributed by atoms with Crippen LogP contribution in [-0.2, 0) is 6.42 Å². The Bertz CT molecular complexity index is 539. The molecule has 6 heteroatoms. The predicted molar refractivity (Wildman–Crippen MR) is 62.8 cm³/mol. The number of thiazole rings is 1. The fourth-order valence-corrected chi connectivity index (χ4v) is 1.96. The summed E-state index contributed by atoms with van der Waals surface area (Å²) in [6, 6.07) is 1.42. The van der Waals surface area contributed by atoms with Gasteiger partial charge in [-0.15, -0.1) is 0 Å². The van der Waals surface area contributed by atoms with E-state index in [-0.39, 0.29) is 5.56 Å². The number of rotatable bonds is 4. The monoisotopic (exact) mass is 250 g/mol. The fourth-order valence-electron chi connectivity index (χ4n) is 1.19. The number of hydrogen-bond acceptors (Lipinski definition) is 5. The van der Waals surface area contributed by atoms with E-state index in [2.05, 4.69) is 9.97 Å². The smallest absolute Gasteiger partial charge is 0.337 e. The summed E-state index contributed by atoms with van der Waals surface area (Å²) >= 11 is 1.37. The molecule has 0 bridgehead atoms. The molecule has 1 N–H and O–H groups in total. The highest BCUT2D eigenvalue weighted by Gasteiger charge is 2.07. The second kappa shape index (κ2) is 4.92. The standard InChI is InChI=1S/C11H10N2O3S/c1-2-8-6-17-11(13-8)16-9-3-7(10(14)15)4-12-5-9/h3-6H,2H2,1H3,(H,14,15). The van der Waals surface area contributed by atoms with Crippen LogP contribution in [0.1, 0.15) is 23.0 Å². The van der Waals surface area contributed by atoms with Crippen molar-refractivity contribution in [3.63, 3.8) is 0 Å². The van der Waals surface area contributed by atoms with E-state index in [1.54, 1.807) is 0 Å². The Labute approximate surface area is 102 Å². The number of aromatic carboxylic acids is 1. The quantitative estimate of drug-likeness (QED) is 0.902. The van der Waals surface area contributed by atoms with E-state index in [0.29, 0.717) is 10.9 Å². The second-order valence-corrected chi connectivity index (χ2v) is 4.10. The lowest BCUT2D eigenvalue weighted by Gasteiger charge is -2.01. The van der Waals surface area contributed by atoms with E-state index in [1.807, 2.05) is 12.3 Å². The Balaban J connectivity index is 2.18. The normalized spacial score (nSPS) is 10.2. The van der Waals surface area contributed by atoms with Gasteiger partial charge in [-0.2, -0.15) is 0 Å². The summed E-state index contributed by atoms with van der Waals surface area (Å²) in [6.07, 6.45) is 3.57. The lowest BCUT2D eigenvalue weighted by Crippen LogP contribution is -1.97. The minimum atomic E-state index is -1.03. The van der Waals surface area contributed by atoms with Crippen LogP contribution in [0.5, 0.6) is 10.9 Å². The summed E-state index contributed by atoms with van der Waals surface area (Å²) < 4.78 is 5.43. The van der Waals surface area contributed by atoms with E-state index in [9.17, 15) is 4.79 Å². The number of aromatic nitrogens is 2. The molecule has 0 aromatic carbocycles. The van der Waals surface area contributed by atoms with Crippen LogP contribution in [0.2, 0.25) is 0 Å². The molecule has 0 atom stereocenters. The maximum Gasteiger partial charge on any atom is 0.337 e. The number of aryl methyl sites for hydroxylation is 1. The molecule has 2 rings (SSSR count). The van der Waals surface area contributed by atoms with E-state index in [0.717, 1.165) is 12.1 Å². The van der Waals surface area contributed by atoms with Crippen LogP contribution >= 0.6 is 11.3 Å². The highest BCUT2D eigenvalue weighted by molar-refractivity contribution is 7.11. The molecule has 2 aromatic rings. The van der Waals surface area contributed by atoms with Crippen LogP contribution in [0, 0.1) is 0 Å². The zero-order valence-electron chi connectivity index (χ0n) is 9.08. The molecule has 0 aliphatic rings. The third-order valence-electron chi connectivity index (χ3n) is 2.06. The molecule has 0 saturated heterocycles. The van der Waals surface area contributed by atoms with Crippen molar-refractivity contribution in [2.75, 3.05) is 0 Å². The first-order chi connectivity index (χ1) is 8.19. The van der Waals surface area contributed by atoms with Crippen LogP contribution in [-0.4, -0.2) is 21.0 Å². The Morgan fingerprint density at radius 2 is 2.35 bits per heavy atom. The molecule has 0 unspecified atom stereocenters. The maximum atomic E-state index is 10.7. The minimum absolute atomic E-state index is 0.0924. The first-order valence-electron chi connectivity index (χ1n) is 4.99. The molecule has 2 aromatic heterocycles. The molecule has 0 saturated carbocycles. The van der Waals surface area contributed by atoms with Crippen molar-refractivity contribution < 1.29 is 14.6 Å². The van der Waals surface area contributed by atoms with Crippen molar-refractivity contribution in [3.8, 4) is 10.9 Å². The predicted octanol–water partition coefficient (Wildman–Crippen LogP) is 2.59. The number of pyridine rings is 1. The van der Waals surface area contributed by atoms with Gasteiger partial charge in [-0.05, 0) is 12.5 Å². The van der Waals surface area contributed by atoms with Gasteiger partial charge in [0.25, 0.3) is 5.19 Å². The Morgan fingerprint density at radius 3 is 3.00 bits per heavy atom. The highest BCUT2D eigenvalue weighted by Crippen LogP contribution is 2.25. The molecular formula is C11H10N2O3S. The molecule has 0 fully saturated rings. The highest BCUT2D eigenvalue weighted by atomic mass is 32.1. The zero-order chi connectivity index (χ0) is 12.3. The van der Waals surface area contributed by atoms with Crippen molar-refractivity contribution in [1.82, 2.24) is 9.97 Å². The summed E-state index contributed by atoms with van der Waals surface area (Å²) in [7, 11) is 0. The number of carbonyl (C=O) groups is 1. The molecule has 0 radical (unpaired) electrons. The summed E-state index contributed by atoms with van der Waals surface area (Å²) in [5, 5.41) is 11.2. The summed E-state index contributed by atoms with van der Waals surface area (Å²) in [6.45, 7) is 2.01. The molecule has 2 heterocycles. The van der Waals surface area contributed by atoms with Crippen LogP contribution < -0.4 is 4.74 Å². The largest absolute Gasteiger partial charge is 0.478 e. The fraction of sp³-hybridized carbons (Fsp3) is 0.182. The summed E-state index contributed by atoms with van der Waals surface area (Å²) in [5.41, 5.74) is 1.04. The van der Waals surface area contributed by atoms with Crippen LogP contribution in [0.15, 0.2) is 23.8 Å². The number of carboxylic acids is 1. The molecule has 88 valence electrons. The topological polar surface area (TPSA) is 72.3 Å². The molecule has 0 amide bonds. The third kappa shape index (κ3) is 2.79. The van der Waals surface area contributed by atoms with Crippen LogP contribution in [0.4, 0.5) is 0 Å². The molecule has 5 nitrogen and oxygen atoms in total. The van der Waals surface area contributed by atoms with Crippen molar-refractivity contribution >= 4 is 17.3 Å². The van der Waals surface area contributed by atoms with Gasteiger partial charge in [0.05, 0.1) is 17.5 Å². The van der Waals surface area contributed by atoms with Gasteiger partial charge in [-0.25, -0.2) is 9.78 Å². The first-order valence-corrected chi connectivity index (χ1v) is 5.87. The lowest BCUT2D eigenvalue weighted by atomic mass is 10.3. The first kappa shape index (κ1) is 11.5. The molecule has 0 aliphatic carbocycles. The van der Waals surface area contributed by atoms with Gasteiger partial charge >= 0.3 is 5.97 Å². The van der Waals surface area contributed by atoms with Crippen molar-refractivity contribution in [1.29, 1.82) is 0 Å². The Kier molecular flexibility index (Phi) is 3.34.